The van der Waals surface area contributed by atoms with Gasteiger partial charge in [-0.05, 0) is 66.3 Å². The number of esters is 1. The third kappa shape index (κ3) is 7.46. The molecular weight excluding hydrogens is 593 g/mol. The number of benzene rings is 3. The van der Waals surface area contributed by atoms with Crippen LogP contribution in [0.1, 0.15) is 60.3 Å². The van der Waals surface area contributed by atoms with E-state index in [1.54, 1.807) is 37.3 Å². The first kappa shape index (κ1) is 31.4. The number of nitrogens with zero attached hydrogens (tertiary/aromatic N) is 1. The Morgan fingerprint density at radius 1 is 1.00 bits per heavy atom. The van der Waals surface area contributed by atoms with E-state index in [9.17, 15) is 14.7 Å². The molecule has 1 heterocycles. The lowest BCUT2D eigenvalue weighted by molar-refractivity contribution is -0.138. The molecule has 1 N–H and O–H groups in total. The van der Waals surface area contributed by atoms with Crippen molar-refractivity contribution in [2.45, 2.75) is 46.6 Å². The quantitative estimate of drug-likeness (QED) is 0.264. The Bertz CT molecular complexity index is 1580. The molecule has 0 aliphatic carbocycles. The van der Waals surface area contributed by atoms with Gasteiger partial charge in [0.25, 0.3) is 5.91 Å². The molecule has 0 saturated carbocycles. The number of aryl methyl sites for hydroxylation is 1. The van der Waals surface area contributed by atoms with Crippen molar-refractivity contribution in [1.29, 1.82) is 0 Å². The third-order valence-corrected chi connectivity index (χ3v) is 7.97. The summed E-state index contributed by atoms with van der Waals surface area (Å²) in [5.41, 5.74) is 3.84. The highest BCUT2D eigenvalue weighted by atomic mass is 35.5. The lowest BCUT2D eigenvalue weighted by Crippen LogP contribution is -2.14. The Morgan fingerprint density at radius 2 is 1.62 bits per heavy atom. The highest BCUT2D eigenvalue weighted by Crippen LogP contribution is 2.41. The number of thioether (sulfide) groups is 1. The molecule has 1 amide bonds. The molecule has 218 valence electrons. The van der Waals surface area contributed by atoms with Crippen LogP contribution in [0, 0.1) is 6.92 Å². The van der Waals surface area contributed by atoms with Crippen molar-refractivity contribution in [2.75, 3.05) is 6.61 Å². The molecule has 0 radical (unpaired) electrons. The van der Waals surface area contributed by atoms with Gasteiger partial charge in [-0.1, -0.05) is 97.7 Å². The Balaban J connectivity index is 1.61. The molecule has 0 aromatic heterocycles. The fourth-order valence-electron chi connectivity index (χ4n) is 4.05. The molecule has 1 aliphatic rings. The highest BCUT2D eigenvalue weighted by molar-refractivity contribution is 8.18. The summed E-state index contributed by atoms with van der Waals surface area (Å²) in [6.07, 6.45) is 1.60. The van der Waals surface area contributed by atoms with Crippen LogP contribution in [0.3, 0.4) is 0 Å². The lowest BCUT2D eigenvalue weighted by Gasteiger charge is -2.18. The van der Waals surface area contributed by atoms with E-state index in [4.69, 9.17) is 32.7 Å². The number of ether oxygens (including phenoxy) is 2. The van der Waals surface area contributed by atoms with Gasteiger partial charge in [0.1, 0.15) is 23.0 Å². The van der Waals surface area contributed by atoms with E-state index < -0.39 is 11.9 Å². The number of amides is 1. The smallest absolute Gasteiger partial charge is 0.344 e. The SMILES string of the molecule is CCOC(=O)C1=C(O)/C(=C/c2cc(Cl)c(OCc3ccc(C)cc3)c(Cl)c2)SC1=NC(=O)c1ccc(C(C)(C)C)cc1. The van der Waals surface area contributed by atoms with Gasteiger partial charge in [-0.3, -0.25) is 4.79 Å². The van der Waals surface area contributed by atoms with Gasteiger partial charge in [0, 0.05) is 5.56 Å². The summed E-state index contributed by atoms with van der Waals surface area (Å²) >= 11 is 14.0. The monoisotopic (exact) mass is 623 g/mol. The van der Waals surface area contributed by atoms with Crippen molar-refractivity contribution in [1.82, 2.24) is 0 Å². The fraction of sp³-hybridized carbons (Fsp3) is 0.242. The Morgan fingerprint density at radius 3 is 2.19 bits per heavy atom. The van der Waals surface area contributed by atoms with E-state index in [2.05, 4.69) is 25.8 Å². The summed E-state index contributed by atoms with van der Waals surface area (Å²) in [5.74, 6) is -1.34. The molecule has 0 atom stereocenters. The van der Waals surface area contributed by atoms with E-state index in [1.807, 2.05) is 43.3 Å². The molecule has 42 heavy (non-hydrogen) atoms. The van der Waals surface area contributed by atoms with Crippen molar-refractivity contribution in [3.63, 3.8) is 0 Å². The van der Waals surface area contributed by atoms with Crippen LogP contribution in [-0.2, 0) is 21.6 Å². The minimum absolute atomic E-state index is 0.0392. The molecular formula is C33H31Cl2NO5S. The van der Waals surface area contributed by atoms with E-state index in [-0.39, 0.29) is 50.0 Å². The largest absolute Gasteiger partial charge is 0.506 e. The number of aliphatic imine (C=N–C) groups is 1. The van der Waals surface area contributed by atoms with E-state index in [0.29, 0.717) is 16.9 Å². The molecule has 6 nitrogen and oxygen atoms in total. The second-order valence-corrected chi connectivity index (χ2v) is 12.5. The van der Waals surface area contributed by atoms with Crippen LogP contribution in [0.5, 0.6) is 5.75 Å². The first-order valence-electron chi connectivity index (χ1n) is 13.3. The van der Waals surface area contributed by atoms with Gasteiger partial charge in [0.15, 0.2) is 5.75 Å². The van der Waals surface area contributed by atoms with Gasteiger partial charge in [-0.15, -0.1) is 0 Å². The maximum atomic E-state index is 13.0. The molecule has 1 aliphatic heterocycles. The zero-order valence-corrected chi connectivity index (χ0v) is 26.3. The molecule has 0 fully saturated rings. The molecule has 4 rings (SSSR count). The van der Waals surface area contributed by atoms with Crippen LogP contribution in [-0.4, -0.2) is 28.6 Å². The van der Waals surface area contributed by atoms with Gasteiger partial charge in [0.05, 0.1) is 21.6 Å². The minimum Gasteiger partial charge on any atom is -0.506 e. The van der Waals surface area contributed by atoms with Crippen LogP contribution < -0.4 is 4.74 Å². The molecule has 9 heteroatoms. The van der Waals surface area contributed by atoms with Crippen LogP contribution >= 0.6 is 35.0 Å². The average molecular weight is 625 g/mol. The van der Waals surface area contributed by atoms with Crippen molar-refractivity contribution >= 4 is 58.0 Å². The van der Waals surface area contributed by atoms with Gasteiger partial charge < -0.3 is 14.6 Å². The molecule has 0 saturated heterocycles. The fourth-order valence-corrected chi connectivity index (χ4v) is 5.68. The maximum absolute atomic E-state index is 13.0. The number of hydrogen-bond donors (Lipinski definition) is 1. The average Bonchev–Trinajstić information content (AvgIpc) is 3.22. The summed E-state index contributed by atoms with van der Waals surface area (Å²) in [5, 5.41) is 11.6. The van der Waals surface area contributed by atoms with E-state index >= 15 is 0 Å². The van der Waals surface area contributed by atoms with Crippen molar-refractivity contribution in [3.05, 3.63) is 115 Å². The molecule has 3 aromatic carbocycles. The number of carbonyl (C=O) groups excluding carboxylic acids is 2. The summed E-state index contributed by atoms with van der Waals surface area (Å²) in [6, 6.07) is 18.3. The lowest BCUT2D eigenvalue weighted by atomic mass is 9.87. The Hall–Kier alpha value is -3.52. The number of halogens is 2. The number of hydrogen-bond acceptors (Lipinski definition) is 6. The third-order valence-electron chi connectivity index (χ3n) is 6.39. The number of carbonyl (C=O) groups is 2. The van der Waals surface area contributed by atoms with Crippen LogP contribution in [0.25, 0.3) is 6.08 Å². The summed E-state index contributed by atoms with van der Waals surface area (Å²) in [7, 11) is 0. The van der Waals surface area contributed by atoms with Crippen molar-refractivity contribution in [2.24, 2.45) is 4.99 Å². The summed E-state index contributed by atoms with van der Waals surface area (Å²) in [6.45, 7) is 10.3. The highest BCUT2D eigenvalue weighted by Gasteiger charge is 2.34. The Kier molecular flexibility index (Phi) is 9.87. The molecule has 0 bridgehead atoms. The zero-order valence-electron chi connectivity index (χ0n) is 24.0. The number of aliphatic hydroxyl groups is 1. The number of rotatable bonds is 7. The predicted molar refractivity (Wildman–Crippen MR) is 171 cm³/mol. The van der Waals surface area contributed by atoms with Gasteiger partial charge in [0.2, 0.25) is 0 Å². The van der Waals surface area contributed by atoms with E-state index in [1.165, 1.54) is 0 Å². The summed E-state index contributed by atoms with van der Waals surface area (Å²) in [4.78, 5) is 30.3. The Labute approximate surface area is 260 Å². The molecule has 3 aromatic rings. The first-order chi connectivity index (χ1) is 19.9. The van der Waals surface area contributed by atoms with Gasteiger partial charge in [-0.2, -0.15) is 0 Å². The topological polar surface area (TPSA) is 85.2 Å². The van der Waals surface area contributed by atoms with Crippen molar-refractivity contribution in [3.8, 4) is 5.75 Å². The van der Waals surface area contributed by atoms with E-state index in [0.717, 1.165) is 28.5 Å². The second kappa shape index (κ2) is 13.2. The maximum Gasteiger partial charge on any atom is 0.344 e. The molecule has 0 spiro atoms. The van der Waals surface area contributed by atoms with Crippen LogP contribution in [0.15, 0.2) is 81.9 Å². The van der Waals surface area contributed by atoms with Gasteiger partial charge in [-0.25, -0.2) is 9.79 Å². The minimum atomic E-state index is -0.781. The second-order valence-electron chi connectivity index (χ2n) is 10.7. The van der Waals surface area contributed by atoms with Crippen molar-refractivity contribution < 1.29 is 24.2 Å². The predicted octanol–water partition coefficient (Wildman–Crippen LogP) is 8.88. The zero-order chi connectivity index (χ0) is 30.6. The van der Waals surface area contributed by atoms with Crippen LogP contribution in [0.4, 0.5) is 0 Å². The summed E-state index contributed by atoms with van der Waals surface area (Å²) < 4.78 is 11.0. The standard InChI is InChI=1S/C33H31Cl2NO5S/c1-6-40-32(39)27-28(37)26(42-31(27)36-30(38)22-11-13-23(14-12-22)33(3,4)5)17-21-15-24(34)29(25(35)16-21)41-18-20-9-7-19(2)8-10-20/h7-17,37H,6,18H2,1-5H3/b26-17-,36-31?. The normalized spacial score (nSPS) is 15.4. The number of aliphatic hydroxyl groups excluding tert-OH is 1. The first-order valence-corrected chi connectivity index (χ1v) is 14.9. The van der Waals surface area contributed by atoms with Gasteiger partial charge >= 0.3 is 5.97 Å². The van der Waals surface area contributed by atoms with Crippen LogP contribution in [0.2, 0.25) is 10.0 Å². The molecule has 0 unspecified atom stereocenters.